The van der Waals surface area contributed by atoms with Gasteiger partial charge < -0.3 is 10.2 Å². The maximum Gasteiger partial charge on any atom is 0.150 e. The van der Waals surface area contributed by atoms with Crippen LogP contribution in [0, 0.1) is 5.92 Å². The molecule has 3 unspecified atom stereocenters. The van der Waals surface area contributed by atoms with Gasteiger partial charge in [0.2, 0.25) is 0 Å². The second kappa shape index (κ2) is 6.75. The molecule has 0 amide bonds. The molecule has 1 heterocycles. The molecule has 1 aliphatic carbocycles. The number of hydrogen-bond acceptors (Lipinski definition) is 4. The first kappa shape index (κ1) is 16.2. The Hall–Kier alpha value is -0.130. The lowest BCUT2D eigenvalue weighted by molar-refractivity contribution is 0.0984. The molecular weight excluding hydrogens is 272 g/mol. The molecule has 1 N–H and O–H groups in total. The molecule has 1 aliphatic heterocycles. The first-order valence-corrected chi connectivity index (χ1v) is 9.97. The Bertz CT molecular complexity index is 402. The summed E-state index contributed by atoms with van der Waals surface area (Å²) in [6, 6.07) is 1.08. The minimum absolute atomic E-state index is 0.102. The molecule has 0 aromatic carbocycles. The summed E-state index contributed by atoms with van der Waals surface area (Å²) >= 11 is 0. The van der Waals surface area contributed by atoms with Gasteiger partial charge >= 0.3 is 0 Å². The van der Waals surface area contributed by atoms with E-state index in [4.69, 9.17) is 0 Å². The Morgan fingerprint density at radius 3 is 2.35 bits per heavy atom. The molecule has 1 saturated carbocycles. The summed E-state index contributed by atoms with van der Waals surface area (Å²) in [5.74, 6) is 0.769. The van der Waals surface area contributed by atoms with Crippen molar-refractivity contribution in [1.82, 2.24) is 10.2 Å². The monoisotopic (exact) mass is 302 g/mol. The fourth-order valence-electron chi connectivity index (χ4n) is 3.86. The fraction of sp³-hybridized carbons (Fsp3) is 1.00. The maximum absolute atomic E-state index is 11.8. The van der Waals surface area contributed by atoms with Crippen LogP contribution in [0.4, 0.5) is 0 Å². The normalized spacial score (nSPS) is 32.1. The van der Waals surface area contributed by atoms with E-state index in [2.05, 4.69) is 17.1 Å². The quantitative estimate of drug-likeness (QED) is 0.858. The summed E-state index contributed by atoms with van der Waals surface area (Å²) in [5.41, 5.74) is 0. The summed E-state index contributed by atoms with van der Waals surface area (Å²) in [4.78, 5) is 2.55. The zero-order valence-corrected chi connectivity index (χ0v) is 14.0. The molecule has 3 atom stereocenters. The number of hydrogen-bond donors (Lipinski definition) is 1. The molecule has 0 aromatic heterocycles. The molecular formula is C15H30N2O2S. The summed E-state index contributed by atoms with van der Waals surface area (Å²) in [6.45, 7) is 4.54. The topological polar surface area (TPSA) is 49.4 Å². The first-order valence-electron chi connectivity index (χ1n) is 8.02. The van der Waals surface area contributed by atoms with Gasteiger partial charge in [-0.15, -0.1) is 0 Å². The van der Waals surface area contributed by atoms with E-state index in [0.717, 1.165) is 38.3 Å². The Labute approximate surface area is 124 Å². The van der Waals surface area contributed by atoms with Crippen LogP contribution in [-0.2, 0) is 9.84 Å². The van der Waals surface area contributed by atoms with Crippen molar-refractivity contribution in [2.24, 2.45) is 5.92 Å². The van der Waals surface area contributed by atoms with Gasteiger partial charge in [-0.05, 0) is 65.1 Å². The van der Waals surface area contributed by atoms with E-state index in [1.807, 2.05) is 7.05 Å². The van der Waals surface area contributed by atoms with Gasteiger partial charge in [0.05, 0.1) is 5.25 Å². The van der Waals surface area contributed by atoms with Crippen molar-refractivity contribution in [3.8, 4) is 0 Å². The standard InChI is InChI=1S/C15H30N2O2S/c1-12(16-2)13-7-9-17(10-8-13)14-5-4-6-15(11-14)20(3,18)19/h12-16H,4-11H2,1-3H3. The molecule has 2 aliphatic rings. The number of sulfone groups is 1. The minimum atomic E-state index is -2.86. The van der Waals surface area contributed by atoms with Gasteiger partial charge in [-0.3, -0.25) is 0 Å². The van der Waals surface area contributed by atoms with Crippen molar-refractivity contribution in [1.29, 1.82) is 0 Å². The number of likely N-dealkylation sites (tertiary alicyclic amines) is 1. The van der Waals surface area contributed by atoms with E-state index < -0.39 is 9.84 Å². The minimum Gasteiger partial charge on any atom is -0.317 e. The van der Waals surface area contributed by atoms with Gasteiger partial charge in [-0.2, -0.15) is 0 Å². The van der Waals surface area contributed by atoms with Gasteiger partial charge in [-0.25, -0.2) is 8.42 Å². The molecule has 2 rings (SSSR count). The van der Waals surface area contributed by atoms with Gasteiger partial charge in [0.25, 0.3) is 0 Å². The highest BCUT2D eigenvalue weighted by atomic mass is 32.2. The van der Waals surface area contributed by atoms with E-state index >= 15 is 0 Å². The van der Waals surface area contributed by atoms with Crippen molar-refractivity contribution in [2.45, 2.75) is 62.8 Å². The lowest BCUT2D eigenvalue weighted by atomic mass is 9.87. The van der Waals surface area contributed by atoms with Crippen LogP contribution in [0.25, 0.3) is 0 Å². The molecule has 0 radical (unpaired) electrons. The zero-order valence-electron chi connectivity index (χ0n) is 13.1. The lowest BCUT2D eigenvalue weighted by Gasteiger charge is -2.42. The smallest absolute Gasteiger partial charge is 0.150 e. The highest BCUT2D eigenvalue weighted by molar-refractivity contribution is 7.91. The van der Waals surface area contributed by atoms with E-state index in [1.54, 1.807) is 0 Å². The Morgan fingerprint density at radius 2 is 1.80 bits per heavy atom. The van der Waals surface area contributed by atoms with Crippen LogP contribution < -0.4 is 5.32 Å². The molecule has 20 heavy (non-hydrogen) atoms. The Morgan fingerprint density at radius 1 is 1.15 bits per heavy atom. The molecule has 0 bridgehead atoms. The molecule has 0 aromatic rings. The van der Waals surface area contributed by atoms with Gasteiger partial charge in [0.1, 0.15) is 9.84 Å². The SMILES string of the molecule is CNC(C)C1CCN(C2CCCC(S(C)(=O)=O)C2)CC1. The third-order valence-electron chi connectivity index (χ3n) is 5.46. The van der Waals surface area contributed by atoms with Crippen molar-refractivity contribution < 1.29 is 8.42 Å². The molecule has 0 spiro atoms. The van der Waals surface area contributed by atoms with Gasteiger partial charge in [-0.1, -0.05) is 6.42 Å². The lowest BCUT2D eigenvalue weighted by Crippen LogP contribution is -2.48. The van der Waals surface area contributed by atoms with Crippen LogP contribution in [0.3, 0.4) is 0 Å². The van der Waals surface area contributed by atoms with Gasteiger partial charge in [0.15, 0.2) is 0 Å². The predicted molar refractivity (Wildman–Crippen MR) is 83.7 cm³/mol. The van der Waals surface area contributed by atoms with Crippen LogP contribution in [0.5, 0.6) is 0 Å². The molecule has 1 saturated heterocycles. The summed E-state index contributed by atoms with van der Waals surface area (Å²) in [5, 5.41) is 3.26. The van der Waals surface area contributed by atoms with Crippen LogP contribution in [-0.4, -0.2) is 57.0 Å². The highest BCUT2D eigenvalue weighted by Crippen LogP contribution is 2.30. The number of piperidine rings is 1. The largest absolute Gasteiger partial charge is 0.317 e. The molecule has 2 fully saturated rings. The zero-order chi connectivity index (χ0) is 14.8. The third-order valence-corrected chi connectivity index (χ3v) is 7.10. The summed E-state index contributed by atoms with van der Waals surface area (Å²) in [7, 11) is -0.826. The van der Waals surface area contributed by atoms with Crippen LogP contribution >= 0.6 is 0 Å². The van der Waals surface area contributed by atoms with E-state index in [1.165, 1.54) is 25.5 Å². The average Bonchev–Trinajstić information content (AvgIpc) is 2.46. The van der Waals surface area contributed by atoms with E-state index in [9.17, 15) is 8.42 Å². The first-order chi connectivity index (χ1) is 9.41. The number of nitrogens with one attached hydrogen (secondary N) is 1. The summed E-state index contributed by atoms with van der Waals surface area (Å²) in [6.07, 6.45) is 7.84. The molecule has 4 nitrogen and oxygen atoms in total. The van der Waals surface area contributed by atoms with Crippen LogP contribution in [0.15, 0.2) is 0 Å². The summed E-state index contributed by atoms with van der Waals surface area (Å²) < 4.78 is 23.5. The Kier molecular flexibility index (Phi) is 5.49. The van der Waals surface area contributed by atoms with Crippen LogP contribution in [0.2, 0.25) is 0 Å². The van der Waals surface area contributed by atoms with Crippen molar-refractivity contribution in [3.63, 3.8) is 0 Å². The van der Waals surface area contributed by atoms with Crippen LogP contribution in [0.1, 0.15) is 45.4 Å². The van der Waals surface area contributed by atoms with Crippen molar-refractivity contribution >= 4 is 9.84 Å². The van der Waals surface area contributed by atoms with Crippen molar-refractivity contribution in [3.05, 3.63) is 0 Å². The second-order valence-corrected chi connectivity index (χ2v) is 9.05. The number of rotatable bonds is 4. The molecule has 118 valence electrons. The average molecular weight is 302 g/mol. The fourth-order valence-corrected chi connectivity index (χ4v) is 5.03. The Balaban J connectivity index is 1.87. The predicted octanol–water partition coefficient (Wildman–Crippen LogP) is 1.66. The maximum atomic E-state index is 11.8. The number of nitrogens with zero attached hydrogens (tertiary/aromatic N) is 1. The molecule has 5 heteroatoms. The third kappa shape index (κ3) is 3.95. The van der Waals surface area contributed by atoms with Crippen molar-refractivity contribution in [2.75, 3.05) is 26.4 Å². The highest BCUT2D eigenvalue weighted by Gasteiger charge is 2.34. The second-order valence-electron chi connectivity index (χ2n) is 6.72. The van der Waals surface area contributed by atoms with E-state index in [0.29, 0.717) is 12.1 Å². The van der Waals surface area contributed by atoms with E-state index in [-0.39, 0.29) is 5.25 Å². The van der Waals surface area contributed by atoms with Gasteiger partial charge in [0, 0.05) is 18.3 Å².